The summed E-state index contributed by atoms with van der Waals surface area (Å²) < 4.78 is 5.69. The highest BCUT2D eigenvalue weighted by molar-refractivity contribution is 5.76. The van der Waals surface area contributed by atoms with E-state index >= 15 is 0 Å². The summed E-state index contributed by atoms with van der Waals surface area (Å²) in [6, 6.07) is 0.244. The van der Waals surface area contributed by atoms with E-state index in [-0.39, 0.29) is 11.9 Å². The Morgan fingerprint density at radius 3 is 2.84 bits per heavy atom. The first-order valence-electron chi connectivity index (χ1n) is 7.83. The minimum Gasteiger partial charge on any atom is -0.378 e. The van der Waals surface area contributed by atoms with Gasteiger partial charge in [-0.1, -0.05) is 6.92 Å². The SMILES string of the molecule is CC1CCCN(C(=O)CCC2CCCCO2)C1CN. The van der Waals surface area contributed by atoms with Gasteiger partial charge < -0.3 is 15.4 Å². The fourth-order valence-corrected chi connectivity index (χ4v) is 3.38. The van der Waals surface area contributed by atoms with Gasteiger partial charge in [-0.15, -0.1) is 0 Å². The molecular formula is C15H28N2O2. The predicted octanol–water partition coefficient (Wildman–Crippen LogP) is 1.92. The first-order valence-corrected chi connectivity index (χ1v) is 7.83. The Balaban J connectivity index is 1.80. The zero-order valence-corrected chi connectivity index (χ0v) is 12.1. The van der Waals surface area contributed by atoms with Gasteiger partial charge in [0.2, 0.25) is 5.91 Å². The molecule has 2 rings (SSSR count). The van der Waals surface area contributed by atoms with Crippen LogP contribution in [0.2, 0.25) is 0 Å². The lowest BCUT2D eigenvalue weighted by atomic mass is 9.90. The molecule has 2 N–H and O–H groups in total. The number of nitrogens with two attached hydrogens (primary N) is 1. The Hall–Kier alpha value is -0.610. The van der Waals surface area contributed by atoms with Crippen molar-refractivity contribution < 1.29 is 9.53 Å². The van der Waals surface area contributed by atoms with Crippen LogP contribution in [-0.4, -0.2) is 42.6 Å². The van der Waals surface area contributed by atoms with Gasteiger partial charge in [0.25, 0.3) is 0 Å². The standard InChI is InChI=1S/C15H28N2O2/c1-12-5-4-9-17(14(12)11-16)15(18)8-7-13-6-2-3-10-19-13/h12-14H,2-11,16H2,1H3. The quantitative estimate of drug-likeness (QED) is 0.847. The monoisotopic (exact) mass is 268 g/mol. The molecule has 2 aliphatic heterocycles. The third kappa shape index (κ3) is 3.93. The maximum absolute atomic E-state index is 12.4. The van der Waals surface area contributed by atoms with Crippen molar-refractivity contribution in [3.63, 3.8) is 0 Å². The van der Waals surface area contributed by atoms with Crippen LogP contribution >= 0.6 is 0 Å². The Morgan fingerprint density at radius 1 is 1.32 bits per heavy atom. The van der Waals surface area contributed by atoms with E-state index in [4.69, 9.17) is 10.5 Å². The zero-order chi connectivity index (χ0) is 13.7. The van der Waals surface area contributed by atoms with Crippen LogP contribution in [0.15, 0.2) is 0 Å². The molecule has 0 aromatic carbocycles. The Labute approximate surface area is 116 Å². The Kier molecular flexibility index (Phi) is 5.64. The van der Waals surface area contributed by atoms with Crippen LogP contribution in [0, 0.1) is 5.92 Å². The van der Waals surface area contributed by atoms with Gasteiger partial charge in [-0.25, -0.2) is 0 Å². The predicted molar refractivity (Wildman–Crippen MR) is 75.8 cm³/mol. The summed E-state index contributed by atoms with van der Waals surface area (Å²) in [6.45, 7) is 4.55. The highest BCUT2D eigenvalue weighted by Crippen LogP contribution is 2.24. The van der Waals surface area contributed by atoms with E-state index in [0.29, 0.717) is 25.0 Å². The molecule has 3 unspecified atom stereocenters. The fraction of sp³-hybridized carbons (Fsp3) is 0.933. The van der Waals surface area contributed by atoms with Gasteiger partial charge in [0.05, 0.1) is 6.10 Å². The van der Waals surface area contributed by atoms with E-state index < -0.39 is 0 Å². The van der Waals surface area contributed by atoms with Gasteiger partial charge in [-0.05, 0) is 44.4 Å². The van der Waals surface area contributed by atoms with Gasteiger partial charge in [-0.3, -0.25) is 4.79 Å². The van der Waals surface area contributed by atoms with Crippen LogP contribution in [0.1, 0.15) is 51.9 Å². The second kappa shape index (κ2) is 7.25. The zero-order valence-electron chi connectivity index (χ0n) is 12.1. The van der Waals surface area contributed by atoms with Crippen LogP contribution in [0.25, 0.3) is 0 Å². The molecular weight excluding hydrogens is 240 g/mol. The van der Waals surface area contributed by atoms with Crippen LogP contribution in [0.4, 0.5) is 0 Å². The number of piperidine rings is 1. The number of hydrogen-bond donors (Lipinski definition) is 1. The molecule has 0 bridgehead atoms. The van der Waals surface area contributed by atoms with Gasteiger partial charge in [0, 0.05) is 32.2 Å². The third-order valence-corrected chi connectivity index (χ3v) is 4.63. The average Bonchev–Trinajstić information content (AvgIpc) is 2.45. The van der Waals surface area contributed by atoms with Crippen molar-refractivity contribution in [2.75, 3.05) is 19.7 Å². The lowest BCUT2D eigenvalue weighted by Gasteiger charge is -2.39. The molecule has 19 heavy (non-hydrogen) atoms. The Morgan fingerprint density at radius 2 is 2.16 bits per heavy atom. The van der Waals surface area contributed by atoms with Crippen molar-refractivity contribution >= 4 is 5.91 Å². The number of rotatable bonds is 4. The number of hydrogen-bond acceptors (Lipinski definition) is 3. The lowest BCUT2D eigenvalue weighted by Crippen LogP contribution is -2.51. The molecule has 4 heteroatoms. The molecule has 110 valence electrons. The topological polar surface area (TPSA) is 55.6 Å². The number of nitrogens with zero attached hydrogens (tertiary/aromatic N) is 1. The first-order chi connectivity index (χ1) is 9.22. The van der Waals surface area contributed by atoms with Crippen molar-refractivity contribution in [3.8, 4) is 0 Å². The summed E-state index contributed by atoms with van der Waals surface area (Å²) in [5.41, 5.74) is 5.84. The van der Waals surface area contributed by atoms with E-state index in [1.54, 1.807) is 0 Å². The van der Waals surface area contributed by atoms with E-state index in [9.17, 15) is 4.79 Å². The van der Waals surface area contributed by atoms with Crippen molar-refractivity contribution in [1.82, 2.24) is 4.90 Å². The molecule has 2 saturated heterocycles. The number of carbonyl (C=O) groups excluding carboxylic acids is 1. The fourth-order valence-electron chi connectivity index (χ4n) is 3.38. The molecule has 2 aliphatic rings. The molecule has 0 aliphatic carbocycles. The number of likely N-dealkylation sites (tertiary alicyclic amines) is 1. The van der Waals surface area contributed by atoms with Crippen LogP contribution in [0.5, 0.6) is 0 Å². The summed E-state index contributed by atoms with van der Waals surface area (Å²) >= 11 is 0. The van der Waals surface area contributed by atoms with Crippen molar-refractivity contribution in [1.29, 1.82) is 0 Å². The highest BCUT2D eigenvalue weighted by atomic mass is 16.5. The highest BCUT2D eigenvalue weighted by Gasteiger charge is 2.30. The number of carbonyl (C=O) groups is 1. The van der Waals surface area contributed by atoms with Crippen LogP contribution in [-0.2, 0) is 9.53 Å². The molecule has 3 atom stereocenters. The molecule has 0 saturated carbocycles. The summed E-state index contributed by atoms with van der Waals surface area (Å²) in [7, 11) is 0. The summed E-state index contributed by atoms with van der Waals surface area (Å²) in [6.07, 6.45) is 7.63. The molecule has 0 radical (unpaired) electrons. The molecule has 0 spiro atoms. The van der Waals surface area contributed by atoms with Gasteiger partial charge in [-0.2, -0.15) is 0 Å². The van der Waals surface area contributed by atoms with Crippen molar-refractivity contribution in [3.05, 3.63) is 0 Å². The molecule has 4 nitrogen and oxygen atoms in total. The number of ether oxygens (including phenoxy) is 1. The second-order valence-corrected chi connectivity index (χ2v) is 6.04. The van der Waals surface area contributed by atoms with E-state index in [2.05, 4.69) is 6.92 Å². The molecule has 2 fully saturated rings. The van der Waals surface area contributed by atoms with Gasteiger partial charge in [0.1, 0.15) is 0 Å². The molecule has 2 heterocycles. The van der Waals surface area contributed by atoms with E-state index in [1.807, 2.05) is 4.90 Å². The largest absolute Gasteiger partial charge is 0.378 e. The van der Waals surface area contributed by atoms with Gasteiger partial charge >= 0.3 is 0 Å². The smallest absolute Gasteiger partial charge is 0.222 e. The Bertz CT molecular complexity index is 290. The maximum atomic E-state index is 12.4. The van der Waals surface area contributed by atoms with Gasteiger partial charge in [0.15, 0.2) is 0 Å². The molecule has 0 aromatic rings. The number of amides is 1. The summed E-state index contributed by atoms with van der Waals surface area (Å²) in [5.74, 6) is 0.810. The average molecular weight is 268 g/mol. The third-order valence-electron chi connectivity index (χ3n) is 4.63. The second-order valence-electron chi connectivity index (χ2n) is 6.04. The summed E-state index contributed by atoms with van der Waals surface area (Å²) in [4.78, 5) is 14.4. The minimum atomic E-state index is 0.244. The maximum Gasteiger partial charge on any atom is 0.222 e. The summed E-state index contributed by atoms with van der Waals surface area (Å²) in [5, 5.41) is 0. The minimum absolute atomic E-state index is 0.244. The van der Waals surface area contributed by atoms with Crippen molar-refractivity contribution in [2.45, 2.75) is 64.0 Å². The lowest BCUT2D eigenvalue weighted by molar-refractivity contribution is -0.137. The first kappa shape index (κ1) is 14.8. The van der Waals surface area contributed by atoms with E-state index in [1.165, 1.54) is 19.3 Å². The van der Waals surface area contributed by atoms with Crippen molar-refractivity contribution in [2.24, 2.45) is 11.7 Å². The van der Waals surface area contributed by atoms with E-state index in [0.717, 1.165) is 32.4 Å². The van der Waals surface area contributed by atoms with Crippen LogP contribution < -0.4 is 5.73 Å². The normalized spacial score (nSPS) is 32.3. The molecule has 1 amide bonds. The molecule has 0 aromatic heterocycles. The van der Waals surface area contributed by atoms with Crippen LogP contribution in [0.3, 0.4) is 0 Å².